The highest BCUT2D eigenvalue weighted by molar-refractivity contribution is 7.89. The average Bonchev–Trinajstić information content (AvgIpc) is 2.88. The lowest BCUT2D eigenvalue weighted by Crippen LogP contribution is -2.37. The molecule has 8 heteroatoms. The predicted octanol–water partition coefficient (Wildman–Crippen LogP) is 1.07. The lowest BCUT2D eigenvalue weighted by atomic mass is 10.1. The molecular weight excluding hydrogens is 294 g/mol. The summed E-state index contributed by atoms with van der Waals surface area (Å²) >= 11 is 0. The van der Waals surface area contributed by atoms with Crippen LogP contribution in [0, 0.1) is 0 Å². The molecule has 1 aliphatic heterocycles. The zero-order chi connectivity index (χ0) is 15.5. The van der Waals surface area contributed by atoms with Crippen molar-refractivity contribution in [2.45, 2.75) is 39.7 Å². The third-order valence-electron chi connectivity index (χ3n) is 3.52. The SMILES string of the molecule is CCCCS(=O)(=O)N1CCc2[nH]nc(C(=O)OCC)c2C1. The minimum absolute atomic E-state index is 0.144. The molecule has 0 saturated carbocycles. The van der Waals surface area contributed by atoms with Gasteiger partial charge >= 0.3 is 5.97 Å². The molecule has 0 aliphatic carbocycles. The summed E-state index contributed by atoms with van der Waals surface area (Å²) in [6, 6.07) is 0. The van der Waals surface area contributed by atoms with Crippen LogP contribution in [0.15, 0.2) is 0 Å². The molecule has 0 atom stereocenters. The molecule has 1 aromatic heterocycles. The van der Waals surface area contributed by atoms with E-state index in [4.69, 9.17) is 4.74 Å². The third kappa shape index (κ3) is 3.44. The number of aromatic amines is 1. The van der Waals surface area contributed by atoms with Gasteiger partial charge in [0.25, 0.3) is 0 Å². The van der Waals surface area contributed by atoms with Crippen LogP contribution in [0.25, 0.3) is 0 Å². The number of esters is 1. The fraction of sp³-hybridized carbons (Fsp3) is 0.692. The number of sulfonamides is 1. The van der Waals surface area contributed by atoms with Gasteiger partial charge in [0.05, 0.1) is 12.4 Å². The smallest absolute Gasteiger partial charge is 0.359 e. The number of unbranched alkanes of at least 4 members (excludes halogenated alkanes) is 1. The molecule has 1 aromatic rings. The molecule has 2 heterocycles. The van der Waals surface area contributed by atoms with Gasteiger partial charge in [-0.15, -0.1) is 0 Å². The molecule has 0 bridgehead atoms. The molecule has 0 radical (unpaired) electrons. The number of nitrogens with one attached hydrogen (secondary N) is 1. The molecule has 0 amide bonds. The van der Waals surface area contributed by atoms with Crippen LogP contribution < -0.4 is 0 Å². The summed E-state index contributed by atoms with van der Waals surface area (Å²) in [4.78, 5) is 11.8. The summed E-state index contributed by atoms with van der Waals surface area (Å²) in [5.41, 5.74) is 1.65. The van der Waals surface area contributed by atoms with Crippen LogP contribution in [0.5, 0.6) is 0 Å². The topological polar surface area (TPSA) is 92.4 Å². The number of aromatic nitrogens is 2. The molecule has 7 nitrogen and oxygen atoms in total. The van der Waals surface area contributed by atoms with Crippen LogP contribution in [0.4, 0.5) is 0 Å². The quantitative estimate of drug-likeness (QED) is 0.793. The first kappa shape index (κ1) is 16.0. The summed E-state index contributed by atoms with van der Waals surface area (Å²) in [5.74, 6) is -0.367. The van der Waals surface area contributed by atoms with E-state index in [-0.39, 0.29) is 24.6 Å². The van der Waals surface area contributed by atoms with Crippen molar-refractivity contribution in [3.05, 3.63) is 17.0 Å². The first-order chi connectivity index (χ1) is 9.99. The summed E-state index contributed by atoms with van der Waals surface area (Å²) in [6.45, 7) is 4.55. The van der Waals surface area contributed by atoms with Crippen LogP contribution in [-0.2, 0) is 27.7 Å². The maximum absolute atomic E-state index is 12.3. The van der Waals surface area contributed by atoms with Crippen molar-refractivity contribution in [1.29, 1.82) is 0 Å². The van der Waals surface area contributed by atoms with Crippen molar-refractivity contribution >= 4 is 16.0 Å². The Labute approximate surface area is 124 Å². The maximum Gasteiger partial charge on any atom is 0.359 e. The highest BCUT2D eigenvalue weighted by Gasteiger charge is 2.31. The number of hydrogen-bond donors (Lipinski definition) is 1. The molecule has 0 unspecified atom stereocenters. The van der Waals surface area contributed by atoms with E-state index in [9.17, 15) is 13.2 Å². The molecule has 2 rings (SSSR count). The minimum atomic E-state index is -3.28. The Morgan fingerprint density at radius 3 is 2.86 bits per heavy atom. The van der Waals surface area contributed by atoms with E-state index in [1.807, 2.05) is 6.92 Å². The maximum atomic E-state index is 12.3. The van der Waals surface area contributed by atoms with Gasteiger partial charge in [-0.05, 0) is 13.3 Å². The van der Waals surface area contributed by atoms with Crippen molar-refractivity contribution in [2.75, 3.05) is 18.9 Å². The summed E-state index contributed by atoms with van der Waals surface area (Å²) in [6.07, 6.45) is 2.01. The van der Waals surface area contributed by atoms with Crippen LogP contribution in [-0.4, -0.2) is 47.8 Å². The van der Waals surface area contributed by atoms with Crippen LogP contribution >= 0.6 is 0 Å². The van der Waals surface area contributed by atoms with E-state index in [2.05, 4.69) is 10.2 Å². The molecule has 1 aliphatic rings. The zero-order valence-electron chi connectivity index (χ0n) is 12.4. The van der Waals surface area contributed by atoms with E-state index in [1.54, 1.807) is 6.92 Å². The molecule has 0 saturated heterocycles. The van der Waals surface area contributed by atoms with Crippen molar-refractivity contribution < 1.29 is 17.9 Å². The number of carbonyl (C=O) groups excluding carboxylic acids is 1. The Morgan fingerprint density at radius 2 is 2.19 bits per heavy atom. The van der Waals surface area contributed by atoms with Crippen molar-refractivity contribution in [1.82, 2.24) is 14.5 Å². The molecule has 0 spiro atoms. The van der Waals surface area contributed by atoms with Crippen molar-refractivity contribution in [2.24, 2.45) is 0 Å². The number of carbonyl (C=O) groups is 1. The number of rotatable bonds is 6. The van der Waals surface area contributed by atoms with Gasteiger partial charge in [0.15, 0.2) is 5.69 Å². The number of hydrogen-bond acceptors (Lipinski definition) is 5. The van der Waals surface area contributed by atoms with Gasteiger partial charge in [-0.1, -0.05) is 13.3 Å². The average molecular weight is 315 g/mol. The van der Waals surface area contributed by atoms with Gasteiger partial charge in [0, 0.05) is 30.8 Å². The second-order valence-corrected chi connectivity index (χ2v) is 7.09. The molecule has 1 N–H and O–H groups in total. The third-order valence-corrected chi connectivity index (χ3v) is 5.42. The first-order valence-electron chi connectivity index (χ1n) is 7.20. The fourth-order valence-corrected chi connectivity index (χ4v) is 3.94. The Morgan fingerprint density at radius 1 is 1.43 bits per heavy atom. The van der Waals surface area contributed by atoms with Gasteiger partial charge in [-0.3, -0.25) is 5.10 Å². The standard InChI is InChI=1S/C13H21N3O4S/c1-3-5-8-21(18,19)16-7-6-11-10(9-16)12(15-14-11)13(17)20-4-2/h3-9H2,1-2H3,(H,14,15). The molecular formula is C13H21N3O4S. The van der Waals surface area contributed by atoms with Crippen LogP contribution in [0.2, 0.25) is 0 Å². The second kappa shape index (κ2) is 6.57. The van der Waals surface area contributed by atoms with Gasteiger partial charge in [0.1, 0.15) is 0 Å². The van der Waals surface area contributed by atoms with E-state index < -0.39 is 16.0 Å². The van der Waals surface area contributed by atoms with E-state index in [0.717, 1.165) is 12.1 Å². The number of nitrogens with zero attached hydrogens (tertiary/aromatic N) is 2. The number of H-pyrrole nitrogens is 1. The van der Waals surface area contributed by atoms with Gasteiger partial charge < -0.3 is 4.74 Å². The predicted molar refractivity (Wildman–Crippen MR) is 77.4 cm³/mol. The number of ether oxygens (including phenoxy) is 1. The van der Waals surface area contributed by atoms with Crippen LogP contribution in [0.1, 0.15) is 48.4 Å². The Bertz CT molecular complexity index is 609. The molecule has 0 fully saturated rings. The van der Waals surface area contributed by atoms with Crippen molar-refractivity contribution in [3.63, 3.8) is 0 Å². The highest BCUT2D eigenvalue weighted by Crippen LogP contribution is 2.23. The Hall–Kier alpha value is -1.41. The first-order valence-corrected chi connectivity index (χ1v) is 8.81. The Kier molecular flexibility index (Phi) is 5.00. The van der Waals surface area contributed by atoms with Gasteiger partial charge in [-0.25, -0.2) is 13.2 Å². The van der Waals surface area contributed by atoms with E-state index in [1.165, 1.54) is 4.31 Å². The lowest BCUT2D eigenvalue weighted by Gasteiger charge is -2.26. The van der Waals surface area contributed by atoms with Gasteiger partial charge in [-0.2, -0.15) is 9.40 Å². The molecule has 21 heavy (non-hydrogen) atoms. The number of fused-ring (bicyclic) bond motifs is 1. The minimum Gasteiger partial charge on any atom is -0.461 e. The van der Waals surface area contributed by atoms with Crippen molar-refractivity contribution in [3.8, 4) is 0 Å². The normalized spacial score (nSPS) is 15.7. The summed E-state index contributed by atoms with van der Waals surface area (Å²) < 4.78 is 30.9. The highest BCUT2D eigenvalue weighted by atomic mass is 32.2. The largest absolute Gasteiger partial charge is 0.461 e. The lowest BCUT2D eigenvalue weighted by molar-refractivity contribution is 0.0517. The fourth-order valence-electron chi connectivity index (χ4n) is 2.33. The summed E-state index contributed by atoms with van der Waals surface area (Å²) in [5, 5.41) is 6.78. The Balaban J connectivity index is 2.19. The monoisotopic (exact) mass is 315 g/mol. The zero-order valence-corrected chi connectivity index (χ0v) is 13.2. The van der Waals surface area contributed by atoms with Crippen LogP contribution in [0.3, 0.4) is 0 Å². The molecule has 118 valence electrons. The van der Waals surface area contributed by atoms with Gasteiger partial charge in [0.2, 0.25) is 10.0 Å². The van der Waals surface area contributed by atoms with E-state index in [0.29, 0.717) is 24.9 Å². The molecule has 0 aromatic carbocycles. The van der Waals surface area contributed by atoms with E-state index >= 15 is 0 Å². The summed E-state index contributed by atoms with van der Waals surface area (Å²) in [7, 11) is -3.28. The second-order valence-electron chi connectivity index (χ2n) is 5.00.